The van der Waals surface area contributed by atoms with E-state index in [0.717, 1.165) is 44.6 Å². The number of carbonyl (C=O) groups excluding carboxylic acids is 1. The van der Waals surface area contributed by atoms with Crippen molar-refractivity contribution in [3.05, 3.63) is 65.7 Å². The number of hydrogen-bond acceptors (Lipinski definition) is 3. The molecular weight excluding hydrogens is 336 g/mol. The summed E-state index contributed by atoms with van der Waals surface area (Å²) in [6, 6.07) is 19.1. The molecule has 4 nitrogen and oxygen atoms in total. The van der Waals surface area contributed by atoms with Gasteiger partial charge in [0.2, 0.25) is 0 Å². The van der Waals surface area contributed by atoms with Crippen LogP contribution in [0.4, 0.5) is 5.69 Å². The molecule has 1 heterocycles. The van der Waals surface area contributed by atoms with E-state index < -0.39 is 0 Å². The lowest BCUT2D eigenvalue weighted by molar-refractivity contribution is -0.122. The summed E-state index contributed by atoms with van der Waals surface area (Å²) in [6.07, 6.45) is 3.08. The molecule has 144 valence electrons. The van der Waals surface area contributed by atoms with Crippen LogP contribution in [0.1, 0.15) is 24.0 Å². The Morgan fingerprint density at radius 1 is 1.11 bits per heavy atom. The lowest BCUT2D eigenvalue weighted by Crippen LogP contribution is -2.49. The van der Waals surface area contributed by atoms with Crippen LogP contribution >= 0.6 is 0 Å². The lowest BCUT2D eigenvalue weighted by atomic mass is 10.0. The molecule has 0 spiro atoms. The summed E-state index contributed by atoms with van der Waals surface area (Å²) < 4.78 is 5.13. The number of ether oxygens (including phenoxy) is 1. The number of benzene rings is 2. The number of amides is 1. The number of likely N-dealkylation sites (tertiary alicyclic amines) is 1. The molecule has 27 heavy (non-hydrogen) atoms. The summed E-state index contributed by atoms with van der Waals surface area (Å²) in [5.41, 5.74) is 3.54. The van der Waals surface area contributed by atoms with E-state index in [-0.39, 0.29) is 18.6 Å². The highest BCUT2D eigenvalue weighted by atomic mass is 16.5. The number of methoxy groups -OCH3 is 1. The summed E-state index contributed by atoms with van der Waals surface area (Å²) >= 11 is 0. The fourth-order valence-electron chi connectivity index (χ4n) is 3.86. The monoisotopic (exact) mass is 366 g/mol. The van der Waals surface area contributed by atoms with Crippen LogP contribution in [-0.4, -0.2) is 50.2 Å². The van der Waals surface area contributed by atoms with Gasteiger partial charge in [0.05, 0.1) is 0 Å². The molecule has 1 aliphatic heterocycles. The largest absolute Gasteiger partial charge is 0.375 e. The Balaban J connectivity index is 1.61. The summed E-state index contributed by atoms with van der Waals surface area (Å²) in [7, 11) is 1.58. The highest BCUT2D eigenvalue weighted by Gasteiger charge is 2.29. The Morgan fingerprint density at radius 3 is 2.52 bits per heavy atom. The topological polar surface area (TPSA) is 32.8 Å². The van der Waals surface area contributed by atoms with Gasteiger partial charge in [-0.1, -0.05) is 42.5 Å². The maximum Gasteiger partial charge on any atom is 0.253 e. The summed E-state index contributed by atoms with van der Waals surface area (Å²) in [5.74, 6) is 0.0471. The van der Waals surface area contributed by atoms with E-state index in [2.05, 4.69) is 54.3 Å². The number of aryl methyl sites for hydroxylation is 1. The first-order valence-corrected chi connectivity index (χ1v) is 9.81. The molecular formula is C23H30N2O2. The van der Waals surface area contributed by atoms with Crippen molar-refractivity contribution in [1.29, 1.82) is 0 Å². The van der Waals surface area contributed by atoms with Crippen molar-refractivity contribution in [2.45, 2.75) is 32.2 Å². The predicted octanol–water partition coefficient (Wildman–Crippen LogP) is 3.68. The highest BCUT2D eigenvalue weighted by molar-refractivity contribution is 5.95. The SMILES string of the molecule is COCC(=O)N(c1cccc(C)c1)C1CCN(CCc2ccccc2)CC1. The minimum absolute atomic E-state index is 0.0471. The molecule has 0 N–H and O–H groups in total. The molecule has 2 aromatic rings. The Labute approximate surface area is 162 Å². The first-order valence-electron chi connectivity index (χ1n) is 9.81. The van der Waals surface area contributed by atoms with Crippen LogP contribution < -0.4 is 4.90 Å². The van der Waals surface area contributed by atoms with Gasteiger partial charge in [-0.05, 0) is 49.4 Å². The fraction of sp³-hybridized carbons (Fsp3) is 0.435. The van der Waals surface area contributed by atoms with E-state index in [9.17, 15) is 4.79 Å². The quantitative estimate of drug-likeness (QED) is 0.749. The molecule has 0 saturated carbocycles. The third-order valence-electron chi connectivity index (χ3n) is 5.30. The second-order valence-electron chi connectivity index (χ2n) is 7.34. The van der Waals surface area contributed by atoms with Crippen LogP contribution in [-0.2, 0) is 16.0 Å². The summed E-state index contributed by atoms with van der Waals surface area (Å²) in [4.78, 5) is 17.2. The Bertz CT molecular complexity index is 724. The van der Waals surface area contributed by atoms with E-state index in [4.69, 9.17) is 4.74 Å². The number of rotatable bonds is 7. The minimum atomic E-state index is 0.0471. The van der Waals surface area contributed by atoms with Crippen LogP contribution in [0.25, 0.3) is 0 Å². The standard InChI is InChI=1S/C23H30N2O2/c1-19-7-6-10-22(17-19)25(23(26)18-27-2)21-12-15-24(16-13-21)14-11-20-8-4-3-5-9-20/h3-10,17,21H,11-16,18H2,1-2H3. The summed E-state index contributed by atoms with van der Waals surface area (Å²) in [5, 5.41) is 0. The minimum Gasteiger partial charge on any atom is -0.375 e. The molecule has 4 heteroatoms. The van der Waals surface area contributed by atoms with Gasteiger partial charge in [0.25, 0.3) is 5.91 Å². The van der Waals surface area contributed by atoms with Crippen molar-refractivity contribution in [1.82, 2.24) is 4.90 Å². The van der Waals surface area contributed by atoms with E-state index in [0.29, 0.717) is 0 Å². The molecule has 3 rings (SSSR count). The van der Waals surface area contributed by atoms with Gasteiger partial charge < -0.3 is 14.5 Å². The maximum absolute atomic E-state index is 12.7. The molecule has 0 unspecified atom stereocenters. The highest BCUT2D eigenvalue weighted by Crippen LogP contribution is 2.25. The second kappa shape index (κ2) is 9.67. The van der Waals surface area contributed by atoms with E-state index in [1.54, 1.807) is 7.11 Å². The molecule has 2 aromatic carbocycles. The van der Waals surface area contributed by atoms with Gasteiger partial charge in [0, 0.05) is 38.5 Å². The number of carbonyl (C=O) groups is 1. The molecule has 0 radical (unpaired) electrons. The average Bonchev–Trinajstić information content (AvgIpc) is 2.69. The fourth-order valence-corrected chi connectivity index (χ4v) is 3.86. The smallest absolute Gasteiger partial charge is 0.253 e. The zero-order valence-electron chi connectivity index (χ0n) is 16.4. The van der Waals surface area contributed by atoms with Crippen LogP contribution in [0.5, 0.6) is 0 Å². The van der Waals surface area contributed by atoms with Gasteiger partial charge >= 0.3 is 0 Å². The molecule has 1 aliphatic rings. The van der Waals surface area contributed by atoms with Crippen molar-refractivity contribution in [2.75, 3.05) is 38.3 Å². The lowest BCUT2D eigenvalue weighted by Gasteiger charge is -2.38. The van der Waals surface area contributed by atoms with Gasteiger partial charge in [-0.25, -0.2) is 0 Å². The number of nitrogens with zero attached hydrogens (tertiary/aromatic N) is 2. The van der Waals surface area contributed by atoms with Gasteiger partial charge in [0.15, 0.2) is 0 Å². The molecule has 0 aromatic heterocycles. The van der Waals surface area contributed by atoms with Gasteiger partial charge in [-0.15, -0.1) is 0 Å². The molecule has 1 fully saturated rings. The van der Waals surface area contributed by atoms with Crippen molar-refractivity contribution in [2.24, 2.45) is 0 Å². The zero-order valence-corrected chi connectivity index (χ0v) is 16.4. The normalized spacial score (nSPS) is 15.6. The van der Waals surface area contributed by atoms with Gasteiger partial charge in [-0.2, -0.15) is 0 Å². The molecule has 0 aliphatic carbocycles. The first-order chi connectivity index (χ1) is 13.2. The Kier molecular flexibility index (Phi) is 7.02. The molecule has 0 atom stereocenters. The molecule has 1 amide bonds. The number of anilines is 1. The van der Waals surface area contributed by atoms with Crippen LogP contribution in [0.15, 0.2) is 54.6 Å². The van der Waals surface area contributed by atoms with Crippen LogP contribution in [0, 0.1) is 6.92 Å². The zero-order chi connectivity index (χ0) is 19.1. The van der Waals surface area contributed by atoms with Gasteiger partial charge in [-0.3, -0.25) is 4.79 Å². The number of hydrogen-bond donors (Lipinski definition) is 0. The van der Waals surface area contributed by atoms with Gasteiger partial charge in [0.1, 0.15) is 6.61 Å². The third kappa shape index (κ3) is 5.41. The third-order valence-corrected chi connectivity index (χ3v) is 5.30. The molecule has 1 saturated heterocycles. The van der Waals surface area contributed by atoms with Crippen LogP contribution in [0.2, 0.25) is 0 Å². The van der Waals surface area contributed by atoms with Crippen molar-refractivity contribution in [3.63, 3.8) is 0 Å². The van der Waals surface area contributed by atoms with E-state index in [1.165, 1.54) is 11.1 Å². The van der Waals surface area contributed by atoms with E-state index >= 15 is 0 Å². The predicted molar refractivity (Wildman–Crippen MR) is 110 cm³/mol. The van der Waals surface area contributed by atoms with Crippen molar-refractivity contribution < 1.29 is 9.53 Å². The Morgan fingerprint density at radius 2 is 1.85 bits per heavy atom. The van der Waals surface area contributed by atoms with Crippen molar-refractivity contribution >= 4 is 11.6 Å². The molecule has 0 bridgehead atoms. The van der Waals surface area contributed by atoms with E-state index in [1.807, 2.05) is 17.0 Å². The number of piperidine rings is 1. The Hall–Kier alpha value is -2.17. The van der Waals surface area contributed by atoms with Crippen molar-refractivity contribution in [3.8, 4) is 0 Å². The summed E-state index contributed by atoms with van der Waals surface area (Å²) in [6.45, 7) is 5.32. The average molecular weight is 367 g/mol. The second-order valence-corrected chi connectivity index (χ2v) is 7.34. The maximum atomic E-state index is 12.7. The van der Waals surface area contributed by atoms with Crippen LogP contribution in [0.3, 0.4) is 0 Å². The first kappa shape index (κ1) is 19.6.